The fourth-order valence-electron chi connectivity index (χ4n) is 1.73. The number of rotatable bonds is 6. The Morgan fingerprint density at radius 3 is 2.71 bits per heavy atom. The summed E-state index contributed by atoms with van der Waals surface area (Å²) in [7, 11) is 0. The molecule has 17 heavy (non-hydrogen) atoms. The zero-order chi connectivity index (χ0) is 12.7. The second-order valence-electron chi connectivity index (χ2n) is 4.16. The van der Waals surface area contributed by atoms with Crippen molar-refractivity contribution in [2.75, 3.05) is 5.32 Å². The first-order valence-electron chi connectivity index (χ1n) is 6.25. The van der Waals surface area contributed by atoms with Crippen molar-refractivity contribution in [3.63, 3.8) is 0 Å². The first-order valence-corrected chi connectivity index (χ1v) is 7.05. The zero-order valence-corrected chi connectivity index (χ0v) is 12.1. The minimum Gasteiger partial charge on any atom is -0.326 e. The minimum absolute atomic E-state index is 0.121. The van der Waals surface area contributed by atoms with E-state index in [1.165, 1.54) is 5.56 Å². The van der Waals surface area contributed by atoms with Crippen LogP contribution < -0.4 is 5.32 Å². The fraction of sp³-hybridized carbons (Fsp3) is 0.500. The first-order chi connectivity index (χ1) is 8.17. The lowest BCUT2D eigenvalue weighted by Crippen LogP contribution is -2.12. The maximum absolute atomic E-state index is 11.7. The first kappa shape index (κ1) is 14.2. The summed E-state index contributed by atoms with van der Waals surface area (Å²) >= 11 is 3.44. The second kappa shape index (κ2) is 7.49. The van der Waals surface area contributed by atoms with Crippen LogP contribution in [0.2, 0.25) is 0 Å². The van der Waals surface area contributed by atoms with Crippen LogP contribution in [0.25, 0.3) is 0 Å². The molecule has 1 rings (SSSR count). The van der Waals surface area contributed by atoms with Gasteiger partial charge in [0.25, 0.3) is 0 Å². The average Bonchev–Trinajstić information content (AvgIpc) is 2.32. The van der Waals surface area contributed by atoms with E-state index in [9.17, 15) is 4.79 Å². The molecule has 0 spiro atoms. The van der Waals surface area contributed by atoms with E-state index in [0.717, 1.165) is 35.8 Å². The van der Waals surface area contributed by atoms with E-state index in [0.29, 0.717) is 6.42 Å². The predicted octanol–water partition coefficient (Wildman–Crippen LogP) is 4.53. The number of aryl methyl sites for hydroxylation is 1. The lowest BCUT2D eigenvalue weighted by atomic mass is 10.1. The summed E-state index contributed by atoms with van der Waals surface area (Å²) in [6, 6.07) is 5.98. The molecule has 0 aliphatic carbocycles. The van der Waals surface area contributed by atoms with Gasteiger partial charge in [-0.2, -0.15) is 0 Å². The Labute approximate surface area is 112 Å². The Morgan fingerprint density at radius 2 is 2.06 bits per heavy atom. The van der Waals surface area contributed by atoms with Gasteiger partial charge in [0.05, 0.1) is 0 Å². The molecule has 1 aromatic carbocycles. The molecule has 0 aliphatic heterocycles. The second-order valence-corrected chi connectivity index (χ2v) is 5.08. The van der Waals surface area contributed by atoms with Gasteiger partial charge in [-0.25, -0.2) is 0 Å². The third-order valence-electron chi connectivity index (χ3n) is 2.73. The smallest absolute Gasteiger partial charge is 0.224 e. The summed E-state index contributed by atoms with van der Waals surface area (Å²) < 4.78 is 1.05. The van der Waals surface area contributed by atoms with E-state index >= 15 is 0 Å². The van der Waals surface area contributed by atoms with Crippen molar-refractivity contribution in [2.45, 2.75) is 46.0 Å². The zero-order valence-electron chi connectivity index (χ0n) is 10.6. The Hall–Kier alpha value is -0.830. The van der Waals surface area contributed by atoms with E-state index in [4.69, 9.17) is 0 Å². The number of halogens is 1. The maximum Gasteiger partial charge on any atom is 0.224 e. The van der Waals surface area contributed by atoms with Crippen LogP contribution in [0.1, 0.15) is 45.1 Å². The van der Waals surface area contributed by atoms with Crippen molar-refractivity contribution < 1.29 is 4.79 Å². The standard InChI is InChI=1S/C14H20BrNO/c1-3-5-6-7-14(17)16-13-9-8-12(15)10-11(13)4-2/h8-10H,3-7H2,1-2H3,(H,16,17). The summed E-state index contributed by atoms with van der Waals surface area (Å²) in [4.78, 5) is 11.7. The highest BCUT2D eigenvalue weighted by Crippen LogP contribution is 2.21. The van der Waals surface area contributed by atoms with Crippen LogP contribution >= 0.6 is 15.9 Å². The summed E-state index contributed by atoms with van der Waals surface area (Å²) in [5.74, 6) is 0.121. The highest BCUT2D eigenvalue weighted by Gasteiger charge is 2.06. The largest absolute Gasteiger partial charge is 0.326 e. The van der Waals surface area contributed by atoms with Gasteiger partial charge in [0.2, 0.25) is 5.91 Å². The molecule has 0 bridgehead atoms. The summed E-state index contributed by atoms with van der Waals surface area (Å²) in [5.41, 5.74) is 2.11. The summed E-state index contributed by atoms with van der Waals surface area (Å²) in [5, 5.41) is 2.99. The van der Waals surface area contributed by atoms with Crippen LogP contribution in [-0.4, -0.2) is 5.91 Å². The maximum atomic E-state index is 11.7. The highest BCUT2D eigenvalue weighted by molar-refractivity contribution is 9.10. The van der Waals surface area contributed by atoms with Crippen molar-refractivity contribution in [2.24, 2.45) is 0 Å². The van der Waals surface area contributed by atoms with E-state index in [2.05, 4.69) is 41.2 Å². The normalized spacial score (nSPS) is 10.3. The third kappa shape index (κ3) is 4.90. The number of amides is 1. The van der Waals surface area contributed by atoms with Crippen molar-refractivity contribution in [1.82, 2.24) is 0 Å². The molecule has 0 saturated carbocycles. The van der Waals surface area contributed by atoms with E-state index < -0.39 is 0 Å². The van der Waals surface area contributed by atoms with Crippen LogP contribution in [-0.2, 0) is 11.2 Å². The topological polar surface area (TPSA) is 29.1 Å². The lowest BCUT2D eigenvalue weighted by molar-refractivity contribution is -0.116. The molecule has 0 saturated heterocycles. The van der Waals surface area contributed by atoms with Crippen LogP contribution in [0.15, 0.2) is 22.7 Å². The summed E-state index contributed by atoms with van der Waals surface area (Å²) in [6.45, 7) is 4.23. The third-order valence-corrected chi connectivity index (χ3v) is 3.22. The lowest BCUT2D eigenvalue weighted by Gasteiger charge is -2.10. The number of nitrogens with one attached hydrogen (secondary N) is 1. The molecule has 0 heterocycles. The van der Waals surface area contributed by atoms with Gasteiger partial charge in [0.15, 0.2) is 0 Å². The van der Waals surface area contributed by atoms with E-state index in [1.54, 1.807) is 0 Å². The number of hydrogen-bond donors (Lipinski definition) is 1. The molecule has 0 radical (unpaired) electrons. The van der Waals surface area contributed by atoms with Crippen LogP contribution in [0, 0.1) is 0 Å². The molecule has 0 aliphatic rings. The molecular formula is C14H20BrNO. The van der Waals surface area contributed by atoms with Crippen LogP contribution in [0.4, 0.5) is 5.69 Å². The van der Waals surface area contributed by atoms with Crippen molar-refractivity contribution in [3.8, 4) is 0 Å². The van der Waals surface area contributed by atoms with Gasteiger partial charge in [-0.15, -0.1) is 0 Å². The van der Waals surface area contributed by atoms with Gasteiger partial charge < -0.3 is 5.32 Å². The molecule has 0 atom stereocenters. The van der Waals surface area contributed by atoms with Gasteiger partial charge in [0, 0.05) is 16.6 Å². The fourth-order valence-corrected chi connectivity index (χ4v) is 2.13. The molecule has 3 heteroatoms. The molecule has 94 valence electrons. The quantitative estimate of drug-likeness (QED) is 0.768. The predicted molar refractivity (Wildman–Crippen MR) is 76.3 cm³/mol. The molecule has 0 fully saturated rings. The number of hydrogen-bond acceptors (Lipinski definition) is 1. The van der Waals surface area contributed by atoms with Gasteiger partial charge >= 0.3 is 0 Å². The monoisotopic (exact) mass is 297 g/mol. The van der Waals surface area contributed by atoms with Gasteiger partial charge in [-0.05, 0) is 36.6 Å². The highest BCUT2D eigenvalue weighted by atomic mass is 79.9. The Balaban J connectivity index is 2.58. The number of benzene rings is 1. The molecule has 1 N–H and O–H groups in total. The summed E-state index contributed by atoms with van der Waals surface area (Å²) in [6.07, 6.45) is 4.78. The Bertz CT molecular complexity index is 376. The SMILES string of the molecule is CCCCCC(=O)Nc1ccc(Br)cc1CC. The number of carbonyl (C=O) groups excluding carboxylic acids is 1. The molecule has 2 nitrogen and oxygen atoms in total. The molecule has 1 aromatic rings. The average molecular weight is 298 g/mol. The van der Waals surface area contributed by atoms with Gasteiger partial charge in [0.1, 0.15) is 0 Å². The van der Waals surface area contributed by atoms with Crippen LogP contribution in [0.3, 0.4) is 0 Å². The Morgan fingerprint density at radius 1 is 1.29 bits per heavy atom. The molecule has 0 aromatic heterocycles. The van der Waals surface area contributed by atoms with Crippen molar-refractivity contribution in [1.29, 1.82) is 0 Å². The number of carbonyl (C=O) groups is 1. The van der Waals surface area contributed by atoms with Gasteiger partial charge in [-0.3, -0.25) is 4.79 Å². The number of unbranched alkanes of at least 4 members (excludes halogenated alkanes) is 2. The van der Waals surface area contributed by atoms with Gasteiger partial charge in [-0.1, -0.05) is 42.6 Å². The van der Waals surface area contributed by atoms with E-state index in [1.807, 2.05) is 12.1 Å². The Kier molecular flexibility index (Phi) is 6.27. The van der Waals surface area contributed by atoms with Crippen molar-refractivity contribution in [3.05, 3.63) is 28.2 Å². The van der Waals surface area contributed by atoms with Crippen LogP contribution in [0.5, 0.6) is 0 Å². The number of anilines is 1. The van der Waals surface area contributed by atoms with Crippen molar-refractivity contribution >= 4 is 27.5 Å². The molecule has 0 unspecified atom stereocenters. The van der Waals surface area contributed by atoms with E-state index in [-0.39, 0.29) is 5.91 Å². The molecule has 1 amide bonds. The minimum atomic E-state index is 0.121. The molecular weight excluding hydrogens is 278 g/mol.